The lowest BCUT2D eigenvalue weighted by Gasteiger charge is -2.30. The molecule has 2 aromatic heterocycles. The lowest BCUT2D eigenvalue weighted by molar-refractivity contribution is -0.130. The summed E-state index contributed by atoms with van der Waals surface area (Å²) in [5.41, 5.74) is 7.63. The monoisotopic (exact) mass is 511 g/mol. The van der Waals surface area contributed by atoms with E-state index in [2.05, 4.69) is 15.3 Å². The van der Waals surface area contributed by atoms with Crippen molar-refractivity contribution in [1.82, 2.24) is 14.9 Å². The van der Waals surface area contributed by atoms with Crippen LogP contribution in [0.25, 0.3) is 10.9 Å². The first-order valence-corrected chi connectivity index (χ1v) is 12.8. The summed E-state index contributed by atoms with van der Waals surface area (Å²) in [5, 5.41) is 14.9. The van der Waals surface area contributed by atoms with Crippen LogP contribution in [-0.2, 0) is 11.2 Å². The molecule has 3 aromatic rings. The molecule has 0 unspecified atom stereocenters. The van der Waals surface area contributed by atoms with E-state index in [0.29, 0.717) is 71.8 Å². The molecule has 190 valence electrons. The van der Waals surface area contributed by atoms with Crippen LogP contribution >= 0.6 is 11.3 Å². The second kappa shape index (κ2) is 11.0. The van der Waals surface area contributed by atoms with Gasteiger partial charge in [0, 0.05) is 48.3 Å². The van der Waals surface area contributed by atoms with E-state index in [4.69, 9.17) is 5.73 Å². The third kappa shape index (κ3) is 5.63. The number of carbonyl (C=O) groups excluding carboxylic acids is 3. The van der Waals surface area contributed by atoms with Gasteiger partial charge in [0.25, 0.3) is 5.91 Å². The van der Waals surface area contributed by atoms with Crippen molar-refractivity contribution in [3.8, 4) is 0 Å². The van der Waals surface area contributed by atoms with Crippen molar-refractivity contribution >= 4 is 50.9 Å². The normalized spacial score (nSPS) is 14.2. The molecular formula is C25H29N5O5S. The number of thiazole rings is 1. The number of carboxylic acids is 1. The number of rotatable bonds is 9. The molecule has 0 radical (unpaired) electrons. The Hall–Kier alpha value is -3.57. The van der Waals surface area contributed by atoms with E-state index in [1.165, 1.54) is 11.3 Å². The molecule has 0 bridgehead atoms. The number of aromatic nitrogens is 2. The Morgan fingerprint density at radius 2 is 2.00 bits per heavy atom. The Morgan fingerprint density at radius 1 is 1.25 bits per heavy atom. The zero-order valence-corrected chi connectivity index (χ0v) is 20.8. The van der Waals surface area contributed by atoms with Crippen LogP contribution in [0.1, 0.15) is 69.5 Å². The molecule has 1 aliphatic rings. The number of benzene rings is 1. The van der Waals surface area contributed by atoms with Crippen LogP contribution in [0.5, 0.6) is 0 Å². The van der Waals surface area contributed by atoms with E-state index < -0.39 is 11.9 Å². The number of anilines is 1. The number of hydrogen-bond donors (Lipinski definition) is 4. The molecule has 0 atom stereocenters. The SMILES string of the molecule is CC(=O)N1CCC(CC(=O)c2csc(NC(=O)c3ccc4[nH]c(C(=O)O)c(CCCN)c4c3)n2)CC1. The predicted molar refractivity (Wildman–Crippen MR) is 137 cm³/mol. The van der Waals surface area contributed by atoms with E-state index in [9.17, 15) is 24.3 Å². The summed E-state index contributed by atoms with van der Waals surface area (Å²) in [6, 6.07) is 4.95. The minimum atomic E-state index is -1.06. The number of amides is 2. The van der Waals surface area contributed by atoms with Gasteiger partial charge in [0.15, 0.2) is 10.9 Å². The van der Waals surface area contributed by atoms with Crippen molar-refractivity contribution in [3.05, 3.63) is 46.1 Å². The number of nitrogens with zero attached hydrogens (tertiary/aromatic N) is 2. The average molecular weight is 512 g/mol. The molecule has 11 heteroatoms. The van der Waals surface area contributed by atoms with Crippen molar-refractivity contribution in [1.29, 1.82) is 0 Å². The van der Waals surface area contributed by atoms with Crippen LogP contribution in [0.4, 0.5) is 5.13 Å². The fourth-order valence-electron chi connectivity index (χ4n) is 4.56. The minimum Gasteiger partial charge on any atom is -0.477 e. The van der Waals surface area contributed by atoms with E-state index in [1.54, 1.807) is 35.4 Å². The van der Waals surface area contributed by atoms with E-state index in [0.717, 1.165) is 12.8 Å². The van der Waals surface area contributed by atoms with Crippen LogP contribution in [-0.4, -0.2) is 63.2 Å². The van der Waals surface area contributed by atoms with Crippen LogP contribution < -0.4 is 11.1 Å². The van der Waals surface area contributed by atoms with Crippen molar-refractivity contribution < 1.29 is 24.3 Å². The number of carbonyl (C=O) groups is 4. The number of fused-ring (bicyclic) bond motifs is 1. The number of aromatic amines is 1. The molecule has 1 aromatic carbocycles. The Bertz CT molecular complexity index is 1310. The van der Waals surface area contributed by atoms with Crippen molar-refractivity contribution in [3.63, 3.8) is 0 Å². The van der Waals surface area contributed by atoms with Crippen molar-refractivity contribution in [2.45, 2.75) is 39.0 Å². The van der Waals surface area contributed by atoms with Gasteiger partial charge in [0.1, 0.15) is 11.4 Å². The second-order valence-electron chi connectivity index (χ2n) is 9.01. The van der Waals surface area contributed by atoms with Gasteiger partial charge in [-0.2, -0.15) is 0 Å². The number of hydrogen-bond acceptors (Lipinski definition) is 7. The molecule has 10 nitrogen and oxygen atoms in total. The van der Waals surface area contributed by atoms with Crippen LogP contribution in [0, 0.1) is 5.92 Å². The van der Waals surface area contributed by atoms with Gasteiger partial charge in [0.05, 0.1) is 0 Å². The second-order valence-corrected chi connectivity index (χ2v) is 9.86. The van der Waals surface area contributed by atoms with E-state index >= 15 is 0 Å². The van der Waals surface area contributed by atoms with Gasteiger partial charge in [-0.25, -0.2) is 9.78 Å². The number of nitrogens with two attached hydrogens (primary N) is 1. The Labute approximate surface area is 211 Å². The number of aryl methyl sites for hydroxylation is 1. The van der Waals surface area contributed by atoms with Crippen LogP contribution in [0.2, 0.25) is 0 Å². The lowest BCUT2D eigenvalue weighted by atomic mass is 9.91. The number of aromatic carboxylic acids is 1. The van der Waals surface area contributed by atoms with Crippen LogP contribution in [0.15, 0.2) is 23.6 Å². The van der Waals surface area contributed by atoms with E-state index in [1.807, 2.05) is 0 Å². The number of piperidine rings is 1. The third-order valence-electron chi connectivity index (χ3n) is 6.56. The molecule has 5 N–H and O–H groups in total. The van der Waals surface area contributed by atoms with Gasteiger partial charge in [-0.3, -0.25) is 19.7 Å². The summed E-state index contributed by atoms with van der Waals surface area (Å²) in [5.74, 6) is -1.26. The molecule has 36 heavy (non-hydrogen) atoms. The highest BCUT2D eigenvalue weighted by atomic mass is 32.1. The molecule has 0 saturated carbocycles. The zero-order valence-electron chi connectivity index (χ0n) is 20.0. The molecule has 4 rings (SSSR count). The van der Waals surface area contributed by atoms with Gasteiger partial charge >= 0.3 is 5.97 Å². The summed E-state index contributed by atoms with van der Waals surface area (Å²) >= 11 is 1.18. The zero-order chi connectivity index (χ0) is 25.8. The Kier molecular flexibility index (Phi) is 7.80. The maximum absolute atomic E-state index is 12.9. The number of ketones is 1. The molecule has 0 spiro atoms. The lowest BCUT2D eigenvalue weighted by Crippen LogP contribution is -2.37. The van der Waals surface area contributed by atoms with Gasteiger partial charge < -0.3 is 20.7 Å². The minimum absolute atomic E-state index is 0.0597. The maximum Gasteiger partial charge on any atom is 0.352 e. The summed E-state index contributed by atoms with van der Waals surface area (Å²) < 4.78 is 0. The molecule has 2 amide bonds. The smallest absolute Gasteiger partial charge is 0.352 e. The highest BCUT2D eigenvalue weighted by molar-refractivity contribution is 7.14. The highest BCUT2D eigenvalue weighted by Crippen LogP contribution is 2.27. The summed E-state index contributed by atoms with van der Waals surface area (Å²) in [6.45, 7) is 3.31. The largest absolute Gasteiger partial charge is 0.477 e. The number of Topliss-reactive ketones (excluding diaryl/α,β-unsaturated/α-hetero) is 1. The molecule has 1 aliphatic heterocycles. The average Bonchev–Trinajstić information content (AvgIpc) is 3.47. The van der Waals surface area contributed by atoms with Crippen molar-refractivity contribution in [2.24, 2.45) is 11.7 Å². The topological polar surface area (TPSA) is 158 Å². The third-order valence-corrected chi connectivity index (χ3v) is 7.32. The molecule has 1 saturated heterocycles. The first kappa shape index (κ1) is 25.5. The standard InChI is InChI=1S/C25H29N5O5S/c1-14(31)30-9-6-15(7-10-30)11-21(32)20-13-36-25(28-20)29-23(33)16-4-5-19-18(12-16)17(3-2-8-26)22(27-19)24(34)35/h4-5,12-13,15,27H,2-3,6-11,26H2,1H3,(H,34,35)(H,28,29,33). The first-order valence-electron chi connectivity index (χ1n) is 11.9. The first-order chi connectivity index (χ1) is 17.3. The fraction of sp³-hybridized carbons (Fsp3) is 0.400. The van der Waals surface area contributed by atoms with Gasteiger partial charge in [-0.15, -0.1) is 11.3 Å². The highest BCUT2D eigenvalue weighted by Gasteiger charge is 2.24. The predicted octanol–water partition coefficient (Wildman–Crippen LogP) is 3.30. The summed E-state index contributed by atoms with van der Waals surface area (Å²) in [6.07, 6.45) is 3.05. The van der Waals surface area contributed by atoms with Gasteiger partial charge in [-0.1, -0.05) is 0 Å². The Morgan fingerprint density at radius 3 is 2.67 bits per heavy atom. The Balaban J connectivity index is 1.42. The molecule has 0 aliphatic carbocycles. The quantitative estimate of drug-likeness (QED) is 0.321. The fourth-order valence-corrected chi connectivity index (χ4v) is 5.27. The summed E-state index contributed by atoms with van der Waals surface area (Å²) in [4.78, 5) is 57.8. The number of nitrogens with one attached hydrogen (secondary N) is 2. The molecule has 3 heterocycles. The van der Waals surface area contributed by atoms with Gasteiger partial charge in [0.2, 0.25) is 5.91 Å². The van der Waals surface area contributed by atoms with Gasteiger partial charge in [-0.05, 0) is 61.9 Å². The number of H-pyrrole nitrogens is 1. The molecular weight excluding hydrogens is 482 g/mol. The molecule has 1 fully saturated rings. The van der Waals surface area contributed by atoms with E-state index in [-0.39, 0.29) is 23.3 Å². The summed E-state index contributed by atoms with van der Waals surface area (Å²) in [7, 11) is 0. The number of carboxylic acid groups (broad SMARTS) is 1. The maximum atomic E-state index is 12.9. The number of likely N-dealkylation sites (tertiary alicyclic amines) is 1. The van der Waals surface area contributed by atoms with Crippen LogP contribution in [0.3, 0.4) is 0 Å². The van der Waals surface area contributed by atoms with Crippen molar-refractivity contribution in [2.75, 3.05) is 25.0 Å².